The molecule has 1 aromatic rings. The fourth-order valence-electron chi connectivity index (χ4n) is 1.95. The SMILES string of the molecule is CCC[C@@H](C)Nc1ccc(C(=O)NC(C)C)cc1N. The lowest BCUT2D eigenvalue weighted by Gasteiger charge is -2.17. The van der Waals surface area contributed by atoms with E-state index in [0.29, 0.717) is 17.3 Å². The molecular weight excluding hydrogens is 238 g/mol. The van der Waals surface area contributed by atoms with E-state index in [0.717, 1.165) is 18.5 Å². The summed E-state index contributed by atoms with van der Waals surface area (Å²) in [5, 5.41) is 6.21. The summed E-state index contributed by atoms with van der Waals surface area (Å²) in [5.74, 6) is -0.0881. The van der Waals surface area contributed by atoms with Crippen LogP contribution in [0.5, 0.6) is 0 Å². The van der Waals surface area contributed by atoms with Gasteiger partial charge in [-0.25, -0.2) is 0 Å². The summed E-state index contributed by atoms with van der Waals surface area (Å²) < 4.78 is 0. The molecule has 0 spiro atoms. The van der Waals surface area contributed by atoms with Crippen molar-refractivity contribution in [3.8, 4) is 0 Å². The number of hydrogen-bond donors (Lipinski definition) is 3. The van der Waals surface area contributed by atoms with E-state index >= 15 is 0 Å². The number of carbonyl (C=O) groups is 1. The summed E-state index contributed by atoms with van der Waals surface area (Å²) in [6, 6.07) is 5.89. The third-order valence-corrected chi connectivity index (χ3v) is 2.86. The number of carbonyl (C=O) groups excluding carboxylic acids is 1. The summed E-state index contributed by atoms with van der Waals surface area (Å²) in [7, 11) is 0. The van der Waals surface area contributed by atoms with Gasteiger partial charge in [0.25, 0.3) is 5.91 Å². The van der Waals surface area contributed by atoms with Crippen molar-refractivity contribution in [2.45, 2.75) is 52.6 Å². The molecule has 0 saturated carbocycles. The lowest BCUT2D eigenvalue weighted by molar-refractivity contribution is 0.0943. The minimum absolute atomic E-state index is 0.0881. The molecule has 1 amide bonds. The standard InChI is InChI=1S/C15H25N3O/c1-5-6-11(4)18-14-8-7-12(9-13(14)16)15(19)17-10(2)3/h7-11,18H,5-6,16H2,1-4H3,(H,17,19)/t11-/m1/s1. The van der Waals surface area contributed by atoms with Crippen LogP contribution in [0.4, 0.5) is 11.4 Å². The van der Waals surface area contributed by atoms with E-state index in [9.17, 15) is 4.79 Å². The van der Waals surface area contributed by atoms with Gasteiger partial charge in [0.05, 0.1) is 11.4 Å². The first-order valence-electron chi connectivity index (χ1n) is 6.91. The van der Waals surface area contributed by atoms with Gasteiger partial charge in [-0.05, 0) is 45.4 Å². The zero-order chi connectivity index (χ0) is 14.4. The number of nitrogens with two attached hydrogens (primary N) is 1. The van der Waals surface area contributed by atoms with Crippen LogP contribution in [-0.2, 0) is 0 Å². The molecule has 0 saturated heterocycles. The zero-order valence-electron chi connectivity index (χ0n) is 12.3. The highest BCUT2D eigenvalue weighted by Gasteiger charge is 2.10. The fourth-order valence-corrected chi connectivity index (χ4v) is 1.95. The Morgan fingerprint density at radius 2 is 2.00 bits per heavy atom. The molecule has 0 radical (unpaired) electrons. The first-order chi connectivity index (χ1) is 8.93. The van der Waals surface area contributed by atoms with Gasteiger partial charge in [0.1, 0.15) is 0 Å². The van der Waals surface area contributed by atoms with Gasteiger partial charge in [-0.3, -0.25) is 4.79 Å². The van der Waals surface area contributed by atoms with Gasteiger partial charge in [0.2, 0.25) is 0 Å². The maximum Gasteiger partial charge on any atom is 0.251 e. The minimum Gasteiger partial charge on any atom is -0.397 e. The molecule has 0 unspecified atom stereocenters. The van der Waals surface area contributed by atoms with Crippen molar-refractivity contribution in [2.24, 2.45) is 0 Å². The van der Waals surface area contributed by atoms with Crippen LogP contribution in [0.2, 0.25) is 0 Å². The van der Waals surface area contributed by atoms with Crippen LogP contribution in [-0.4, -0.2) is 18.0 Å². The third kappa shape index (κ3) is 4.81. The summed E-state index contributed by atoms with van der Waals surface area (Å²) in [4.78, 5) is 11.9. The number of amides is 1. The highest BCUT2D eigenvalue weighted by atomic mass is 16.1. The highest BCUT2D eigenvalue weighted by molar-refractivity contribution is 5.96. The molecule has 1 atom stereocenters. The van der Waals surface area contributed by atoms with Crippen LogP contribution in [0.1, 0.15) is 50.9 Å². The van der Waals surface area contributed by atoms with Gasteiger partial charge < -0.3 is 16.4 Å². The number of nitrogens with one attached hydrogen (secondary N) is 2. The maximum absolute atomic E-state index is 11.9. The normalized spacial score (nSPS) is 12.3. The van der Waals surface area contributed by atoms with Gasteiger partial charge in [-0.2, -0.15) is 0 Å². The Morgan fingerprint density at radius 1 is 1.32 bits per heavy atom. The third-order valence-electron chi connectivity index (χ3n) is 2.86. The van der Waals surface area contributed by atoms with E-state index in [2.05, 4.69) is 24.5 Å². The topological polar surface area (TPSA) is 67.2 Å². The molecule has 1 aromatic carbocycles. The van der Waals surface area contributed by atoms with Gasteiger partial charge in [-0.15, -0.1) is 0 Å². The predicted molar refractivity (Wildman–Crippen MR) is 81.4 cm³/mol. The van der Waals surface area contributed by atoms with E-state index in [1.165, 1.54) is 0 Å². The Labute approximate surface area is 115 Å². The van der Waals surface area contributed by atoms with Crippen molar-refractivity contribution in [1.82, 2.24) is 5.32 Å². The van der Waals surface area contributed by atoms with E-state index < -0.39 is 0 Å². The Bertz CT molecular complexity index is 429. The lowest BCUT2D eigenvalue weighted by Crippen LogP contribution is -2.30. The average molecular weight is 263 g/mol. The zero-order valence-corrected chi connectivity index (χ0v) is 12.3. The summed E-state index contributed by atoms with van der Waals surface area (Å²) >= 11 is 0. The van der Waals surface area contributed by atoms with Gasteiger partial charge in [0.15, 0.2) is 0 Å². The molecule has 0 heterocycles. The van der Waals surface area contributed by atoms with Crippen molar-refractivity contribution < 1.29 is 4.79 Å². The van der Waals surface area contributed by atoms with Gasteiger partial charge in [0, 0.05) is 17.6 Å². The molecule has 0 aromatic heterocycles. The van der Waals surface area contributed by atoms with Crippen molar-refractivity contribution >= 4 is 17.3 Å². The van der Waals surface area contributed by atoms with Crippen LogP contribution < -0.4 is 16.4 Å². The smallest absolute Gasteiger partial charge is 0.251 e. The summed E-state index contributed by atoms with van der Waals surface area (Å²) in [6.07, 6.45) is 2.22. The molecule has 0 aliphatic heterocycles. The predicted octanol–water partition coefficient (Wildman–Crippen LogP) is 3.01. The molecule has 0 aliphatic rings. The molecule has 106 valence electrons. The van der Waals surface area contributed by atoms with Crippen LogP contribution in [0, 0.1) is 0 Å². The number of nitrogen functional groups attached to an aromatic ring is 1. The number of hydrogen-bond acceptors (Lipinski definition) is 3. The Kier molecular flexibility index (Phi) is 5.67. The molecule has 1 rings (SSSR count). The van der Waals surface area contributed by atoms with Gasteiger partial charge in [-0.1, -0.05) is 13.3 Å². The minimum atomic E-state index is -0.0881. The first-order valence-corrected chi connectivity index (χ1v) is 6.91. The fraction of sp³-hybridized carbons (Fsp3) is 0.533. The second-order valence-electron chi connectivity index (χ2n) is 5.26. The summed E-state index contributed by atoms with van der Waals surface area (Å²) in [5.41, 5.74) is 8.09. The van der Waals surface area contributed by atoms with E-state index in [1.54, 1.807) is 12.1 Å². The van der Waals surface area contributed by atoms with Crippen LogP contribution in [0.15, 0.2) is 18.2 Å². The molecule has 4 N–H and O–H groups in total. The van der Waals surface area contributed by atoms with E-state index in [1.807, 2.05) is 19.9 Å². The highest BCUT2D eigenvalue weighted by Crippen LogP contribution is 2.21. The Morgan fingerprint density at radius 3 is 2.53 bits per heavy atom. The van der Waals surface area contributed by atoms with E-state index in [-0.39, 0.29) is 11.9 Å². The second kappa shape index (κ2) is 7.02. The Hall–Kier alpha value is -1.71. The number of benzene rings is 1. The quantitative estimate of drug-likeness (QED) is 0.691. The number of rotatable bonds is 6. The first kappa shape index (κ1) is 15.3. The molecular formula is C15H25N3O. The molecule has 0 fully saturated rings. The maximum atomic E-state index is 11.9. The van der Waals surface area contributed by atoms with Crippen LogP contribution in [0.25, 0.3) is 0 Å². The molecule has 0 aliphatic carbocycles. The second-order valence-corrected chi connectivity index (χ2v) is 5.26. The largest absolute Gasteiger partial charge is 0.397 e. The molecule has 0 bridgehead atoms. The number of anilines is 2. The van der Waals surface area contributed by atoms with Crippen LogP contribution in [0.3, 0.4) is 0 Å². The van der Waals surface area contributed by atoms with Crippen molar-refractivity contribution in [3.05, 3.63) is 23.8 Å². The molecule has 4 nitrogen and oxygen atoms in total. The summed E-state index contributed by atoms with van der Waals surface area (Å²) in [6.45, 7) is 8.15. The molecule has 4 heteroatoms. The average Bonchev–Trinajstić information content (AvgIpc) is 2.31. The van der Waals surface area contributed by atoms with Crippen molar-refractivity contribution in [1.29, 1.82) is 0 Å². The Balaban J connectivity index is 2.77. The van der Waals surface area contributed by atoms with Crippen molar-refractivity contribution in [2.75, 3.05) is 11.1 Å². The lowest BCUT2D eigenvalue weighted by atomic mass is 10.1. The van der Waals surface area contributed by atoms with Crippen LogP contribution >= 0.6 is 0 Å². The van der Waals surface area contributed by atoms with Gasteiger partial charge >= 0.3 is 0 Å². The van der Waals surface area contributed by atoms with Crippen molar-refractivity contribution in [3.63, 3.8) is 0 Å². The molecule has 19 heavy (non-hydrogen) atoms. The van der Waals surface area contributed by atoms with E-state index in [4.69, 9.17) is 5.73 Å². The monoisotopic (exact) mass is 263 g/mol.